The molecule has 1 saturated heterocycles. The Bertz CT molecular complexity index is 476. The Hall–Kier alpha value is -0.860. The molecule has 102 valence electrons. The van der Waals surface area contributed by atoms with Gasteiger partial charge < -0.3 is 5.11 Å². The zero-order chi connectivity index (χ0) is 13.1. The predicted octanol–water partition coefficient (Wildman–Crippen LogP) is 1.37. The van der Waals surface area contributed by atoms with Gasteiger partial charge in [0.25, 0.3) is 0 Å². The molecule has 0 unspecified atom stereocenters. The van der Waals surface area contributed by atoms with Gasteiger partial charge in [-0.15, -0.1) is 11.3 Å². The maximum absolute atomic E-state index is 8.69. The molecule has 2 aliphatic rings. The molecule has 1 saturated carbocycles. The molecule has 0 bridgehead atoms. The van der Waals surface area contributed by atoms with Gasteiger partial charge in [0.15, 0.2) is 0 Å². The predicted molar refractivity (Wildman–Crippen MR) is 78.2 cm³/mol. The summed E-state index contributed by atoms with van der Waals surface area (Å²) in [5, 5.41) is 10.8. The summed E-state index contributed by atoms with van der Waals surface area (Å²) < 4.78 is 0. The van der Waals surface area contributed by atoms with Crippen LogP contribution in [0.15, 0.2) is 11.4 Å². The topological polar surface area (TPSA) is 26.7 Å². The number of hydrogen-bond acceptors (Lipinski definition) is 4. The van der Waals surface area contributed by atoms with Crippen molar-refractivity contribution >= 4 is 11.3 Å². The van der Waals surface area contributed by atoms with Gasteiger partial charge in [-0.05, 0) is 18.9 Å². The second kappa shape index (κ2) is 6.06. The Morgan fingerprint density at radius 1 is 1.26 bits per heavy atom. The zero-order valence-electron chi connectivity index (χ0n) is 11.1. The van der Waals surface area contributed by atoms with E-state index in [4.69, 9.17) is 5.11 Å². The zero-order valence-corrected chi connectivity index (χ0v) is 12.0. The first kappa shape index (κ1) is 13.1. The lowest BCUT2D eigenvalue weighted by Crippen LogP contribution is -2.46. The average molecular weight is 276 g/mol. The maximum atomic E-state index is 8.69. The number of rotatable bonds is 3. The summed E-state index contributed by atoms with van der Waals surface area (Å²) in [7, 11) is 0. The molecule has 0 aromatic carbocycles. The molecule has 3 nitrogen and oxygen atoms in total. The highest BCUT2D eigenvalue weighted by molar-refractivity contribution is 7.10. The van der Waals surface area contributed by atoms with Crippen molar-refractivity contribution < 1.29 is 5.11 Å². The number of thiophene rings is 1. The molecule has 19 heavy (non-hydrogen) atoms. The van der Waals surface area contributed by atoms with Crippen molar-refractivity contribution in [2.45, 2.75) is 25.4 Å². The van der Waals surface area contributed by atoms with Crippen LogP contribution in [-0.4, -0.2) is 53.7 Å². The third-order valence-electron chi connectivity index (χ3n) is 3.82. The number of hydrogen-bond donors (Lipinski definition) is 1. The van der Waals surface area contributed by atoms with Crippen LogP contribution in [0, 0.1) is 11.8 Å². The van der Waals surface area contributed by atoms with Crippen molar-refractivity contribution in [1.82, 2.24) is 9.80 Å². The van der Waals surface area contributed by atoms with E-state index in [1.165, 1.54) is 43.9 Å². The first-order chi connectivity index (χ1) is 9.35. The third-order valence-corrected chi connectivity index (χ3v) is 4.74. The molecule has 2 heterocycles. The van der Waals surface area contributed by atoms with Crippen molar-refractivity contribution in [1.29, 1.82) is 0 Å². The largest absolute Gasteiger partial charge is 0.384 e. The van der Waals surface area contributed by atoms with Crippen molar-refractivity contribution in [2.75, 3.05) is 32.8 Å². The standard InChI is InChI=1S/C15H20N2OS/c18-9-1-2-13-10-15(19-12-13)11-16-5-7-17(8-6-16)14-3-4-14/h10,12,14,18H,3-9,11H2. The second-order valence-electron chi connectivity index (χ2n) is 5.30. The van der Waals surface area contributed by atoms with Crippen LogP contribution in [0.5, 0.6) is 0 Å². The van der Waals surface area contributed by atoms with E-state index < -0.39 is 0 Å². The number of aliphatic hydroxyl groups is 1. The minimum Gasteiger partial charge on any atom is -0.384 e. The van der Waals surface area contributed by atoms with Gasteiger partial charge in [0.1, 0.15) is 6.61 Å². The minimum atomic E-state index is -0.0612. The summed E-state index contributed by atoms with van der Waals surface area (Å²) >= 11 is 1.77. The lowest BCUT2D eigenvalue weighted by Gasteiger charge is -2.34. The van der Waals surface area contributed by atoms with E-state index in [0.717, 1.165) is 18.2 Å². The van der Waals surface area contributed by atoms with Crippen LogP contribution in [0.1, 0.15) is 23.3 Å². The van der Waals surface area contributed by atoms with E-state index in [-0.39, 0.29) is 6.61 Å². The summed E-state index contributed by atoms with van der Waals surface area (Å²) in [6.07, 6.45) is 2.83. The van der Waals surface area contributed by atoms with Crippen LogP contribution in [0.2, 0.25) is 0 Å². The van der Waals surface area contributed by atoms with Crippen LogP contribution in [0.4, 0.5) is 0 Å². The van der Waals surface area contributed by atoms with Crippen LogP contribution < -0.4 is 0 Å². The van der Waals surface area contributed by atoms with Gasteiger partial charge in [-0.2, -0.15) is 0 Å². The van der Waals surface area contributed by atoms with Crippen molar-refractivity contribution in [3.05, 3.63) is 21.9 Å². The van der Waals surface area contributed by atoms with Gasteiger partial charge in [-0.3, -0.25) is 9.80 Å². The average Bonchev–Trinajstić information content (AvgIpc) is 3.19. The van der Waals surface area contributed by atoms with Crippen molar-refractivity contribution in [3.8, 4) is 11.8 Å². The molecule has 1 N–H and O–H groups in total. The molecule has 3 rings (SSSR count). The van der Waals surface area contributed by atoms with Crippen LogP contribution in [0.3, 0.4) is 0 Å². The Labute approximate surface area is 118 Å². The van der Waals surface area contributed by atoms with Gasteiger partial charge in [-0.25, -0.2) is 0 Å². The van der Waals surface area contributed by atoms with E-state index in [0.29, 0.717) is 0 Å². The highest BCUT2D eigenvalue weighted by Crippen LogP contribution is 2.27. The smallest absolute Gasteiger partial charge is 0.104 e. The van der Waals surface area contributed by atoms with E-state index in [9.17, 15) is 0 Å². The van der Waals surface area contributed by atoms with Crippen LogP contribution >= 0.6 is 11.3 Å². The van der Waals surface area contributed by atoms with Crippen LogP contribution in [0.25, 0.3) is 0 Å². The van der Waals surface area contributed by atoms with E-state index in [1.54, 1.807) is 11.3 Å². The molecule has 0 radical (unpaired) electrons. The van der Waals surface area contributed by atoms with Gasteiger partial charge in [0.2, 0.25) is 0 Å². The number of piperazine rings is 1. The molecule has 4 heteroatoms. The second-order valence-corrected chi connectivity index (χ2v) is 6.30. The van der Waals surface area contributed by atoms with Crippen LogP contribution in [-0.2, 0) is 6.54 Å². The molecule has 1 aliphatic heterocycles. The maximum Gasteiger partial charge on any atom is 0.104 e. The van der Waals surface area contributed by atoms with Gasteiger partial charge in [0.05, 0.1) is 0 Å². The SMILES string of the molecule is OCC#Cc1csc(CN2CCN(C3CC3)CC2)c1. The van der Waals surface area contributed by atoms with E-state index >= 15 is 0 Å². The Morgan fingerprint density at radius 3 is 2.74 bits per heavy atom. The molecule has 0 amide bonds. The molecule has 2 fully saturated rings. The Kier molecular flexibility index (Phi) is 4.19. The first-order valence-corrected chi connectivity index (χ1v) is 7.86. The molecule has 1 aliphatic carbocycles. The van der Waals surface area contributed by atoms with Crippen molar-refractivity contribution in [3.63, 3.8) is 0 Å². The molecule has 0 atom stereocenters. The molecule has 1 aromatic heterocycles. The fourth-order valence-electron chi connectivity index (χ4n) is 2.62. The molecule has 1 aromatic rings. The van der Waals surface area contributed by atoms with E-state index in [2.05, 4.69) is 33.1 Å². The monoisotopic (exact) mass is 276 g/mol. The van der Waals surface area contributed by atoms with E-state index in [1.807, 2.05) is 0 Å². The first-order valence-electron chi connectivity index (χ1n) is 6.99. The Balaban J connectivity index is 1.49. The lowest BCUT2D eigenvalue weighted by molar-refractivity contribution is 0.122. The number of aliphatic hydroxyl groups excluding tert-OH is 1. The number of nitrogens with zero attached hydrogens (tertiary/aromatic N) is 2. The normalized spacial score (nSPS) is 21.1. The molecular weight excluding hydrogens is 256 g/mol. The summed E-state index contributed by atoms with van der Waals surface area (Å²) in [6, 6.07) is 3.06. The summed E-state index contributed by atoms with van der Waals surface area (Å²) in [5.41, 5.74) is 1.03. The van der Waals surface area contributed by atoms with Gasteiger partial charge in [0, 0.05) is 54.6 Å². The lowest BCUT2D eigenvalue weighted by atomic mass is 10.2. The summed E-state index contributed by atoms with van der Waals surface area (Å²) in [4.78, 5) is 6.55. The quantitative estimate of drug-likeness (QED) is 0.845. The van der Waals surface area contributed by atoms with Gasteiger partial charge in [-0.1, -0.05) is 11.8 Å². The molecular formula is C15H20N2OS. The highest BCUT2D eigenvalue weighted by Gasteiger charge is 2.31. The fraction of sp³-hybridized carbons (Fsp3) is 0.600. The molecule has 0 spiro atoms. The Morgan fingerprint density at radius 2 is 2.05 bits per heavy atom. The fourth-order valence-corrected chi connectivity index (χ4v) is 3.47. The minimum absolute atomic E-state index is 0.0612. The summed E-state index contributed by atoms with van der Waals surface area (Å²) in [5.74, 6) is 5.66. The van der Waals surface area contributed by atoms with Crippen molar-refractivity contribution in [2.24, 2.45) is 0 Å². The highest BCUT2D eigenvalue weighted by atomic mass is 32.1. The third kappa shape index (κ3) is 3.58. The van der Waals surface area contributed by atoms with Gasteiger partial charge >= 0.3 is 0 Å². The summed E-state index contributed by atoms with van der Waals surface area (Å²) in [6.45, 7) is 5.82.